The van der Waals surface area contributed by atoms with Crippen molar-refractivity contribution in [2.75, 3.05) is 24.8 Å². The van der Waals surface area contributed by atoms with Crippen molar-refractivity contribution in [3.05, 3.63) is 48.5 Å². The second-order valence-corrected chi connectivity index (χ2v) is 5.77. The molecule has 4 nitrogen and oxygen atoms in total. The van der Waals surface area contributed by atoms with Crippen LogP contribution < -0.4 is 14.8 Å². The monoisotopic (exact) mass is 331 g/mol. The lowest BCUT2D eigenvalue weighted by Crippen LogP contribution is -2.20. The molecule has 0 saturated heterocycles. The highest BCUT2D eigenvalue weighted by molar-refractivity contribution is 7.98. The molecule has 0 atom stereocenters. The van der Waals surface area contributed by atoms with E-state index in [4.69, 9.17) is 9.47 Å². The van der Waals surface area contributed by atoms with Crippen molar-refractivity contribution in [1.29, 1.82) is 0 Å². The highest BCUT2D eigenvalue weighted by Crippen LogP contribution is 2.20. The summed E-state index contributed by atoms with van der Waals surface area (Å²) in [5.41, 5.74) is 0.772. The molecule has 0 unspecified atom stereocenters. The number of benzene rings is 2. The molecule has 2 rings (SSSR count). The Labute approximate surface area is 141 Å². The van der Waals surface area contributed by atoms with Crippen molar-refractivity contribution in [3.63, 3.8) is 0 Å². The smallest absolute Gasteiger partial charge is 0.262 e. The van der Waals surface area contributed by atoms with E-state index in [1.807, 2.05) is 42.7 Å². The minimum absolute atomic E-state index is 0.0291. The summed E-state index contributed by atoms with van der Waals surface area (Å²) < 4.78 is 11.0. The van der Waals surface area contributed by atoms with Crippen LogP contribution in [0.3, 0.4) is 0 Å². The first-order valence-corrected chi connectivity index (χ1v) is 8.73. The molecular weight excluding hydrogens is 310 g/mol. The van der Waals surface area contributed by atoms with Crippen molar-refractivity contribution in [1.82, 2.24) is 0 Å². The molecule has 1 amide bonds. The molecule has 0 spiro atoms. The number of thioether (sulfide) groups is 1. The Bertz CT molecular complexity index is 628. The van der Waals surface area contributed by atoms with Gasteiger partial charge in [-0.05, 0) is 55.1 Å². The van der Waals surface area contributed by atoms with E-state index in [1.165, 1.54) is 0 Å². The van der Waals surface area contributed by atoms with E-state index in [1.54, 1.807) is 23.9 Å². The van der Waals surface area contributed by atoms with Crippen LogP contribution in [-0.2, 0) is 4.79 Å². The van der Waals surface area contributed by atoms with Gasteiger partial charge < -0.3 is 14.8 Å². The van der Waals surface area contributed by atoms with Crippen LogP contribution >= 0.6 is 11.8 Å². The zero-order valence-corrected chi connectivity index (χ0v) is 14.2. The third-order valence-electron chi connectivity index (χ3n) is 3.02. The van der Waals surface area contributed by atoms with E-state index in [9.17, 15) is 4.79 Å². The third kappa shape index (κ3) is 5.87. The SMILES string of the molecule is CCCOc1ccc(OCC(=O)Nc2cccc(SC)c2)cc1. The van der Waals surface area contributed by atoms with Crippen LogP contribution in [-0.4, -0.2) is 25.4 Å². The zero-order chi connectivity index (χ0) is 16.5. The maximum absolute atomic E-state index is 11.9. The summed E-state index contributed by atoms with van der Waals surface area (Å²) in [6.45, 7) is 2.72. The lowest BCUT2D eigenvalue weighted by Gasteiger charge is -2.09. The molecule has 0 bridgehead atoms. The van der Waals surface area contributed by atoms with Crippen LogP contribution in [0.5, 0.6) is 11.5 Å². The predicted octanol–water partition coefficient (Wildman–Crippen LogP) is 4.21. The molecular formula is C18H21NO3S. The number of carbonyl (C=O) groups is 1. The van der Waals surface area contributed by atoms with Crippen molar-refractivity contribution >= 4 is 23.4 Å². The zero-order valence-electron chi connectivity index (χ0n) is 13.4. The van der Waals surface area contributed by atoms with E-state index >= 15 is 0 Å². The number of hydrogen-bond acceptors (Lipinski definition) is 4. The standard InChI is InChI=1S/C18H21NO3S/c1-3-11-21-15-7-9-16(10-8-15)22-13-18(20)19-14-5-4-6-17(12-14)23-2/h4-10,12H,3,11,13H2,1-2H3,(H,19,20). The quantitative estimate of drug-likeness (QED) is 0.736. The van der Waals surface area contributed by atoms with Gasteiger partial charge in [-0.15, -0.1) is 11.8 Å². The van der Waals surface area contributed by atoms with Gasteiger partial charge in [0.25, 0.3) is 5.91 Å². The Morgan fingerprint density at radius 2 is 1.78 bits per heavy atom. The molecule has 0 aromatic heterocycles. The summed E-state index contributed by atoms with van der Waals surface area (Å²) in [7, 11) is 0. The Balaban J connectivity index is 1.81. The molecule has 2 aromatic carbocycles. The van der Waals surface area contributed by atoms with Gasteiger partial charge in [0.15, 0.2) is 6.61 Å². The van der Waals surface area contributed by atoms with E-state index < -0.39 is 0 Å². The minimum Gasteiger partial charge on any atom is -0.494 e. The van der Waals surface area contributed by atoms with Gasteiger partial charge in [-0.2, -0.15) is 0 Å². The van der Waals surface area contributed by atoms with Gasteiger partial charge in [0.2, 0.25) is 0 Å². The first kappa shape index (κ1) is 17.2. The van der Waals surface area contributed by atoms with E-state index in [0.717, 1.165) is 22.8 Å². The Hall–Kier alpha value is -2.14. The fourth-order valence-corrected chi connectivity index (χ4v) is 2.36. The maximum atomic E-state index is 11.9. The molecule has 5 heteroatoms. The normalized spacial score (nSPS) is 10.2. The van der Waals surface area contributed by atoms with Gasteiger partial charge in [-0.1, -0.05) is 13.0 Å². The summed E-state index contributed by atoms with van der Waals surface area (Å²) in [5.74, 6) is 1.26. The van der Waals surface area contributed by atoms with Crippen LogP contribution in [0.25, 0.3) is 0 Å². The number of rotatable bonds is 8. The lowest BCUT2D eigenvalue weighted by atomic mass is 10.3. The number of carbonyl (C=O) groups excluding carboxylic acids is 1. The van der Waals surface area contributed by atoms with E-state index in [2.05, 4.69) is 12.2 Å². The molecule has 2 aromatic rings. The third-order valence-corrected chi connectivity index (χ3v) is 3.75. The van der Waals surface area contributed by atoms with Crippen molar-refractivity contribution in [2.45, 2.75) is 18.2 Å². The average Bonchev–Trinajstić information content (AvgIpc) is 2.59. The van der Waals surface area contributed by atoms with Gasteiger partial charge in [-0.3, -0.25) is 4.79 Å². The molecule has 122 valence electrons. The summed E-state index contributed by atoms with van der Waals surface area (Å²) in [6.07, 6.45) is 2.97. The van der Waals surface area contributed by atoms with Gasteiger partial charge in [-0.25, -0.2) is 0 Å². The van der Waals surface area contributed by atoms with Crippen LogP contribution in [0.2, 0.25) is 0 Å². The fraction of sp³-hybridized carbons (Fsp3) is 0.278. The lowest BCUT2D eigenvalue weighted by molar-refractivity contribution is -0.118. The first-order valence-electron chi connectivity index (χ1n) is 7.51. The van der Waals surface area contributed by atoms with Gasteiger partial charge in [0.1, 0.15) is 11.5 Å². The predicted molar refractivity (Wildman–Crippen MR) is 94.6 cm³/mol. The molecule has 0 aliphatic carbocycles. The fourth-order valence-electron chi connectivity index (χ4n) is 1.90. The number of anilines is 1. The highest BCUT2D eigenvalue weighted by atomic mass is 32.2. The van der Waals surface area contributed by atoms with Crippen molar-refractivity contribution < 1.29 is 14.3 Å². The van der Waals surface area contributed by atoms with E-state index in [0.29, 0.717) is 12.4 Å². The molecule has 0 heterocycles. The highest BCUT2D eigenvalue weighted by Gasteiger charge is 2.04. The molecule has 0 saturated carbocycles. The number of ether oxygens (including phenoxy) is 2. The van der Waals surface area contributed by atoms with Gasteiger partial charge in [0, 0.05) is 10.6 Å². The number of amides is 1. The summed E-state index contributed by atoms with van der Waals surface area (Å²) in [5, 5.41) is 2.82. The molecule has 1 N–H and O–H groups in total. The molecule has 0 fully saturated rings. The Morgan fingerprint density at radius 1 is 1.09 bits per heavy atom. The number of hydrogen-bond donors (Lipinski definition) is 1. The molecule has 0 radical (unpaired) electrons. The molecule has 23 heavy (non-hydrogen) atoms. The Kier molecular flexibility index (Phi) is 6.81. The Morgan fingerprint density at radius 3 is 2.43 bits per heavy atom. The van der Waals surface area contributed by atoms with Crippen LogP contribution in [0.4, 0.5) is 5.69 Å². The topological polar surface area (TPSA) is 47.6 Å². The second-order valence-electron chi connectivity index (χ2n) is 4.89. The first-order chi connectivity index (χ1) is 11.2. The molecule has 0 aliphatic heterocycles. The van der Waals surface area contributed by atoms with Gasteiger partial charge in [0.05, 0.1) is 6.61 Å². The summed E-state index contributed by atoms with van der Waals surface area (Å²) >= 11 is 1.63. The number of nitrogens with one attached hydrogen (secondary N) is 1. The molecule has 0 aliphatic rings. The van der Waals surface area contributed by atoms with Gasteiger partial charge >= 0.3 is 0 Å². The minimum atomic E-state index is -0.186. The van der Waals surface area contributed by atoms with E-state index in [-0.39, 0.29) is 12.5 Å². The maximum Gasteiger partial charge on any atom is 0.262 e. The largest absolute Gasteiger partial charge is 0.494 e. The average molecular weight is 331 g/mol. The van der Waals surface area contributed by atoms with Crippen LogP contribution in [0, 0.1) is 0 Å². The second kappa shape index (κ2) is 9.10. The van der Waals surface area contributed by atoms with Crippen LogP contribution in [0.1, 0.15) is 13.3 Å². The van der Waals surface area contributed by atoms with Crippen molar-refractivity contribution in [3.8, 4) is 11.5 Å². The summed E-state index contributed by atoms with van der Waals surface area (Å²) in [4.78, 5) is 13.0. The van der Waals surface area contributed by atoms with Crippen molar-refractivity contribution in [2.24, 2.45) is 0 Å². The summed E-state index contributed by atoms with van der Waals surface area (Å²) in [6, 6.07) is 15.0. The van der Waals surface area contributed by atoms with Crippen LogP contribution in [0.15, 0.2) is 53.4 Å².